The third-order valence-corrected chi connectivity index (χ3v) is 6.25. The van der Waals surface area contributed by atoms with Crippen LogP contribution in [0.3, 0.4) is 0 Å². The number of nitrogens with zero attached hydrogens (tertiary/aromatic N) is 3. The fraction of sp³-hybridized carbons (Fsp3) is 0.0833. The molecule has 0 aliphatic heterocycles. The lowest BCUT2D eigenvalue weighted by molar-refractivity contribution is 0.432. The third-order valence-electron chi connectivity index (χ3n) is 5.26. The maximum Gasteiger partial charge on any atom is 0.329 e. The SMILES string of the molecule is CSc1ccc(-c2noc(-c3ccc4c(=O)n(Cc5ccc(Cl)cc5)c(=O)[nH]c4c3)n2)cc1. The molecule has 0 radical (unpaired) electrons. The van der Waals surface area contributed by atoms with Crippen LogP contribution in [0.1, 0.15) is 5.56 Å². The molecule has 0 bridgehead atoms. The highest BCUT2D eigenvalue weighted by atomic mass is 35.5. The number of rotatable bonds is 5. The van der Waals surface area contributed by atoms with Crippen molar-refractivity contribution in [3.8, 4) is 22.8 Å². The van der Waals surface area contributed by atoms with Crippen LogP contribution in [0.2, 0.25) is 5.02 Å². The van der Waals surface area contributed by atoms with Gasteiger partial charge >= 0.3 is 5.69 Å². The first-order chi connectivity index (χ1) is 16.0. The molecule has 3 aromatic carbocycles. The summed E-state index contributed by atoms with van der Waals surface area (Å²) in [5.74, 6) is 0.761. The number of H-pyrrole nitrogens is 1. The molecule has 0 aliphatic rings. The van der Waals surface area contributed by atoms with Crippen molar-refractivity contribution in [3.63, 3.8) is 0 Å². The topological polar surface area (TPSA) is 93.8 Å². The molecule has 0 spiro atoms. The van der Waals surface area contributed by atoms with Gasteiger partial charge in [-0.2, -0.15) is 4.98 Å². The molecule has 0 fully saturated rings. The molecule has 0 atom stereocenters. The molecular formula is C24H17ClN4O3S. The number of aromatic nitrogens is 4. The van der Waals surface area contributed by atoms with Crippen LogP contribution in [-0.4, -0.2) is 25.9 Å². The van der Waals surface area contributed by atoms with Crippen molar-refractivity contribution in [2.45, 2.75) is 11.4 Å². The van der Waals surface area contributed by atoms with Crippen molar-refractivity contribution in [1.82, 2.24) is 19.7 Å². The van der Waals surface area contributed by atoms with E-state index in [9.17, 15) is 9.59 Å². The largest absolute Gasteiger partial charge is 0.334 e. The van der Waals surface area contributed by atoms with Crippen molar-refractivity contribution in [2.24, 2.45) is 0 Å². The number of hydrogen-bond donors (Lipinski definition) is 1. The summed E-state index contributed by atoms with van der Waals surface area (Å²) in [5.41, 5.74) is 1.76. The molecule has 5 aromatic rings. The van der Waals surface area contributed by atoms with Crippen LogP contribution in [0.25, 0.3) is 33.7 Å². The van der Waals surface area contributed by atoms with Crippen molar-refractivity contribution in [2.75, 3.05) is 6.26 Å². The zero-order chi connectivity index (χ0) is 22.9. The van der Waals surface area contributed by atoms with E-state index in [0.717, 1.165) is 20.6 Å². The molecule has 2 aromatic heterocycles. The van der Waals surface area contributed by atoms with Crippen molar-refractivity contribution >= 4 is 34.3 Å². The summed E-state index contributed by atoms with van der Waals surface area (Å²) >= 11 is 7.57. The highest BCUT2D eigenvalue weighted by Gasteiger charge is 2.14. The highest BCUT2D eigenvalue weighted by molar-refractivity contribution is 7.98. The molecule has 5 rings (SSSR count). The second-order valence-electron chi connectivity index (χ2n) is 7.36. The minimum atomic E-state index is -0.500. The van der Waals surface area contributed by atoms with E-state index in [0.29, 0.717) is 33.2 Å². The first kappa shape index (κ1) is 21.2. The minimum absolute atomic E-state index is 0.144. The maximum atomic E-state index is 13.0. The Morgan fingerprint density at radius 1 is 1.00 bits per heavy atom. The lowest BCUT2D eigenvalue weighted by Crippen LogP contribution is -2.35. The smallest absolute Gasteiger partial charge is 0.329 e. The minimum Gasteiger partial charge on any atom is -0.334 e. The molecule has 164 valence electrons. The van der Waals surface area contributed by atoms with Gasteiger partial charge in [-0.3, -0.25) is 9.36 Å². The normalized spacial score (nSPS) is 11.2. The highest BCUT2D eigenvalue weighted by Crippen LogP contribution is 2.25. The van der Waals surface area contributed by atoms with Gasteiger partial charge in [-0.1, -0.05) is 28.9 Å². The summed E-state index contributed by atoms with van der Waals surface area (Å²) in [6, 6.07) is 19.9. The van der Waals surface area contributed by atoms with E-state index >= 15 is 0 Å². The molecule has 0 unspecified atom stereocenters. The van der Waals surface area contributed by atoms with Gasteiger partial charge in [-0.25, -0.2) is 4.79 Å². The summed E-state index contributed by atoms with van der Waals surface area (Å²) in [6.07, 6.45) is 2.01. The number of hydrogen-bond acceptors (Lipinski definition) is 6. The summed E-state index contributed by atoms with van der Waals surface area (Å²) in [5, 5.41) is 5.04. The first-order valence-corrected chi connectivity index (χ1v) is 11.6. The van der Waals surface area contributed by atoms with Crippen LogP contribution in [0.15, 0.2) is 85.7 Å². The Morgan fingerprint density at radius 3 is 2.45 bits per heavy atom. The van der Waals surface area contributed by atoms with E-state index in [4.69, 9.17) is 16.1 Å². The van der Waals surface area contributed by atoms with E-state index in [-0.39, 0.29) is 12.1 Å². The van der Waals surface area contributed by atoms with E-state index in [2.05, 4.69) is 15.1 Å². The molecule has 2 heterocycles. The van der Waals surface area contributed by atoms with Crippen molar-refractivity contribution in [3.05, 3.63) is 98.2 Å². The van der Waals surface area contributed by atoms with E-state index in [1.54, 1.807) is 54.2 Å². The quantitative estimate of drug-likeness (QED) is 0.365. The predicted octanol–water partition coefficient (Wildman–Crippen LogP) is 4.83. The molecule has 7 nitrogen and oxygen atoms in total. The van der Waals surface area contributed by atoms with Crippen molar-refractivity contribution < 1.29 is 4.52 Å². The number of nitrogens with one attached hydrogen (secondary N) is 1. The number of aromatic amines is 1. The Hall–Kier alpha value is -3.62. The van der Waals surface area contributed by atoms with E-state index < -0.39 is 5.69 Å². The van der Waals surface area contributed by atoms with Crippen LogP contribution < -0.4 is 11.2 Å². The Bertz CT molecular complexity index is 1570. The Balaban J connectivity index is 1.49. The van der Waals surface area contributed by atoms with Gasteiger partial charge in [-0.15, -0.1) is 11.8 Å². The van der Waals surface area contributed by atoms with Gasteiger partial charge in [-0.05, 0) is 66.4 Å². The standard InChI is InChI=1S/C24H17ClN4O3S/c1-33-18-9-4-15(5-10-18)21-27-22(32-28-21)16-6-11-19-20(12-16)26-24(31)29(23(19)30)13-14-2-7-17(25)8-3-14/h2-12H,13H2,1H3,(H,26,31). The van der Waals surface area contributed by atoms with Gasteiger partial charge in [0.15, 0.2) is 0 Å². The number of benzene rings is 3. The fourth-order valence-corrected chi connectivity index (χ4v) is 4.04. The van der Waals surface area contributed by atoms with Crippen LogP contribution in [0, 0.1) is 0 Å². The summed E-state index contributed by atoms with van der Waals surface area (Å²) in [4.78, 5) is 34.0. The molecule has 1 N–H and O–H groups in total. The van der Waals surface area contributed by atoms with E-state index in [1.807, 2.05) is 30.5 Å². The molecule has 0 amide bonds. The van der Waals surface area contributed by atoms with E-state index in [1.165, 1.54) is 0 Å². The third kappa shape index (κ3) is 4.22. The monoisotopic (exact) mass is 476 g/mol. The van der Waals surface area contributed by atoms with Gasteiger partial charge in [0, 0.05) is 21.0 Å². The zero-order valence-electron chi connectivity index (χ0n) is 17.4. The fourth-order valence-electron chi connectivity index (χ4n) is 3.50. The summed E-state index contributed by atoms with van der Waals surface area (Å²) in [6.45, 7) is 0.144. The number of halogens is 1. The Kier molecular flexibility index (Phi) is 5.62. The second kappa shape index (κ2) is 8.73. The van der Waals surface area contributed by atoms with Crippen LogP contribution in [-0.2, 0) is 6.54 Å². The predicted molar refractivity (Wildman–Crippen MR) is 130 cm³/mol. The Labute approximate surface area is 197 Å². The average molecular weight is 477 g/mol. The summed E-state index contributed by atoms with van der Waals surface area (Å²) < 4.78 is 6.59. The molecule has 33 heavy (non-hydrogen) atoms. The van der Waals surface area contributed by atoms with Crippen LogP contribution in [0.4, 0.5) is 0 Å². The summed E-state index contributed by atoms with van der Waals surface area (Å²) in [7, 11) is 0. The molecular weight excluding hydrogens is 460 g/mol. The van der Waals surface area contributed by atoms with Crippen molar-refractivity contribution in [1.29, 1.82) is 0 Å². The van der Waals surface area contributed by atoms with Gasteiger partial charge in [0.2, 0.25) is 5.82 Å². The average Bonchev–Trinajstić information content (AvgIpc) is 3.33. The maximum absolute atomic E-state index is 13.0. The van der Waals surface area contributed by atoms with Gasteiger partial charge in [0.1, 0.15) is 0 Å². The van der Waals surface area contributed by atoms with Crippen LogP contribution in [0.5, 0.6) is 0 Å². The lowest BCUT2D eigenvalue weighted by Gasteiger charge is -2.07. The number of fused-ring (bicyclic) bond motifs is 1. The number of thioether (sulfide) groups is 1. The molecule has 0 saturated heterocycles. The first-order valence-electron chi connectivity index (χ1n) is 10.0. The molecule has 0 aliphatic carbocycles. The Morgan fingerprint density at radius 2 is 1.73 bits per heavy atom. The molecule has 0 saturated carbocycles. The second-order valence-corrected chi connectivity index (χ2v) is 8.68. The molecule has 9 heteroatoms. The van der Waals surface area contributed by atoms with Crippen LogP contribution >= 0.6 is 23.4 Å². The van der Waals surface area contributed by atoms with Gasteiger partial charge < -0.3 is 9.51 Å². The van der Waals surface area contributed by atoms with Gasteiger partial charge in [0.25, 0.3) is 11.4 Å². The zero-order valence-corrected chi connectivity index (χ0v) is 19.0. The lowest BCUT2D eigenvalue weighted by atomic mass is 10.1. The van der Waals surface area contributed by atoms with Gasteiger partial charge in [0.05, 0.1) is 17.4 Å².